The molecule has 0 heterocycles. The fourth-order valence-electron chi connectivity index (χ4n) is 0.177. The first-order valence-corrected chi connectivity index (χ1v) is 2.81. The lowest BCUT2D eigenvalue weighted by Crippen LogP contribution is -1.45. The van der Waals surface area contributed by atoms with Crippen LogP contribution in [0.25, 0.3) is 0 Å². The lowest BCUT2D eigenvalue weighted by atomic mass is 10.5. The van der Waals surface area contributed by atoms with E-state index in [0.29, 0.717) is 0 Å². The number of rotatable bonds is 0. The van der Waals surface area contributed by atoms with Gasteiger partial charge in [0.05, 0.1) is 0 Å². The monoisotopic (exact) mass is 98.1 g/mol. The SMILES string of the molecule is CC.CC#CCC. The zero-order chi connectivity index (χ0) is 6.12. The van der Waals surface area contributed by atoms with Crippen LogP contribution in [0.5, 0.6) is 0 Å². The fraction of sp³-hybridized carbons (Fsp3) is 0.714. The van der Waals surface area contributed by atoms with Gasteiger partial charge in [0, 0.05) is 6.42 Å². The minimum absolute atomic E-state index is 0.983. The van der Waals surface area contributed by atoms with Gasteiger partial charge in [0.25, 0.3) is 0 Å². The number of hydrogen-bond acceptors (Lipinski definition) is 0. The molecule has 0 fully saturated rings. The zero-order valence-electron chi connectivity index (χ0n) is 5.71. The van der Waals surface area contributed by atoms with Crippen LogP contribution in [-0.2, 0) is 0 Å². The van der Waals surface area contributed by atoms with Crippen molar-refractivity contribution in [3.05, 3.63) is 0 Å². The van der Waals surface area contributed by atoms with Crippen LogP contribution < -0.4 is 0 Å². The largest absolute Gasteiger partial charge is 0.107 e. The van der Waals surface area contributed by atoms with Crippen molar-refractivity contribution in [2.24, 2.45) is 0 Å². The maximum atomic E-state index is 2.86. The quantitative estimate of drug-likeness (QED) is 0.408. The summed E-state index contributed by atoms with van der Waals surface area (Å²) >= 11 is 0. The van der Waals surface area contributed by atoms with Crippen LogP contribution in [0.2, 0.25) is 0 Å². The molecule has 0 amide bonds. The molecule has 0 unspecified atom stereocenters. The average molecular weight is 98.2 g/mol. The Morgan fingerprint density at radius 2 is 1.71 bits per heavy atom. The number of hydrogen-bond donors (Lipinski definition) is 0. The van der Waals surface area contributed by atoms with Crippen LogP contribution in [0.3, 0.4) is 0 Å². The molecule has 0 saturated carbocycles. The highest BCUT2D eigenvalue weighted by Gasteiger charge is 1.48. The maximum Gasteiger partial charge on any atom is 0.00601 e. The van der Waals surface area contributed by atoms with Gasteiger partial charge in [-0.3, -0.25) is 0 Å². The summed E-state index contributed by atoms with van der Waals surface area (Å²) in [6.07, 6.45) is 0.983. The van der Waals surface area contributed by atoms with Crippen LogP contribution >= 0.6 is 0 Å². The third-order valence-corrected chi connectivity index (χ3v) is 0.354. The van der Waals surface area contributed by atoms with Gasteiger partial charge in [-0.05, 0) is 6.92 Å². The lowest BCUT2D eigenvalue weighted by Gasteiger charge is -1.58. The topological polar surface area (TPSA) is 0 Å². The van der Waals surface area contributed by atoms with E-state index in [1.54, 1.807) is 0 Å². The Hall–Kier alpha value is -0.440. The van der Waals surface area contributed by atoms with E-state index in [-0.39, 0.29) is 0 Å². The maximum absolute atomic E-state index is 2.86. The van der Waals surface area contributed by atoms with Crippen molar-refractivity contribution in [1.29, 1.82) is 0 Å². The minimum Gasteiger partial charge on any atom is -0.107 e. The first kappa shape index (κ1) is 9.75. The Bertz CT molecular complexity index is 52.2. The van der Waals surface area contributed by atoms with Gasteiger partial charge >= 0.3 is 0 Å². The van der Waals surface area contributed by atoms with Crippen molar-refractivity contribution < 1.29 is 0 Å². The molecule has 0 aliphatic heterocycles. The molecule has 42 valence electrons. The van der Waals surface area contributed by atoms with E-state index in [9.17, 15) is 0 Å². The summed E-state index contributed by atoms with van der Waals surface area (Å²) in [6, 6.07) is 0. The molecular weight excluding hydrogens is 84.1 g/mol. The second kappa shape index (κ2) is 17.6. The second-order valence-electron chi connectivity index (χ2n) is 0.780. The molecule has 0 atom stereocenters. The van der Waals surface area contributed by atoms with E-state index in [0.717, 1.165) is 6.42 Å². The Morgan fingerprint density at radius 3 is 1.71 bits per heavy atom. The third-order valence-electron chi connectivity index (χ3n) is 0.354. The van der Waals surface area contributed by atoms with E-state index in [2.05, 4.69) is 11.8 Å². The highest BCUT2D eigenvalue weighted by atomic mass is 13.5. The van der Waals surface area contributed by atoms with Crippen molar-refractivity contribution in [2.75, 3.05) is 0 Å². The standard InChI is InChI=1S/C5H8.C2H6/c1-3-5-4-2;1-2/h3H2,1-2H3;1-2H3. The first-order valence-electron chi connectivity index (χ1n) is 2.81. The molecule has 0 heteroatoms. The second-order valence-corrected chi connectivity index (χ2v) is 0.780. The molecular formula is C7H14. The summed E-state index contributed by atoms with van der Waals surface area (Å²) in [6.45, 7) is 7.89. The summed E-state index contributed by atoms with van der Waals surface area (Å²) in [7, 11) is 0. The Morgan fingerprint density at radius 1 is 1.29 bits per heavy atom. The summed E-state index contributed by atoms with van der Waals surface area (Å²) in [5, 5.41) is 0. The molecule has 7 heavy (non-hydrogen) atoms. The normalized spacial score (nSPS) is 4.57. The van der Waals surface area contributed by atoms with E-state index in [1.807, 2.05) is 27.7 Å². The molecule has 0 aromatic carbocycles. The van der Waals surface area contributed by atoms with Crippen LogP contribution in [0.4, 0.5) is 0 Å². The zero-order valence-corrected chi connectivity index (χ0v) is 5.71. The molecule has 0 rings (SSSR count). The molecule has 0 aliphatic rings. The first-order chi connectivity index (χ1) is 3.41. The predicted octanol–water partition coefficient (Wildman–Crippen LogP) is 2.45. The van der Waals surface area contributed by atoms with Crippen LogP contribution in [-0.4, -0.2) is 0 Å². The Kier molecular flexibility index (Phi) is 24.6. The van der Waals surface area contributed by atoms with Crippen LogP contribution in [0.1, 0.15) is 34.1 Å². The Balaban J connectivity index is 0. The van der Waals surface area contributed by atoms with Crippen LogP contribution in [0.15, 0.2) is 0 Å². The minimum atomic E-state index is 0.983. The van der Waals surface area contributed by atoms with Crippen molar-refractivity contribution >= 4 is 0 Å². The molecule has 0 nitrogen and oxygen atoms in total. The van der Waals surface area contributed by atoms with Gasteiger partial charge in [0.1, 0.15) is 0 Å². The van der Waals surface area contributed by atoms with Crippen molar-refractivity contribution in [3.8, 4) is 11.8 Å². The van der Waals surface area contributed by atoms with E-state index in [4.69, 9.17) is 0 Å². The smallest absolute Gasteiger partial charge is 0.00601 e. The molecule has 0 radical (unpaired) electrons. The molecule has 0 N–H and O–H groups in total. The van der Waals surface area contributed by atoms with Gasteiger partial charge in [0.2, 0.25) is 0 Å². The van der Waals surface area contributed by atoms with Gasteiger partial charge in [-0.15, -0.1) is 11.8 Å². The summed E-state index contributed by atoms with van der Waals surface area (Å²) in [5.41, 5.74) is 0. The molecule has 0 aromatic rings. The highest BCUT2D eigenvalue weighted by Crippen LogP contribution is 1.62. The summed E-state index contributed by atoms with van der Waals surface area (Å²) in [4.78, 5) is 0. The van der Waals surface area contributed by atoms with E-state index < -0.39 is 0 Å². The highest BCUT2D eigenvalue weighted by molar-refractivity contribution is 4.92. The van der Waals surface area contributed by atoms with Gasteiger partial charge in [-0.1, -0.05) is 20.8 Å². The van der Waals surface area contributed by atoms with Crippen LogP contribution in [0, 0.1) is 11.8 Å². The van der Waals surface area contributed by atoms with E-state index >= 15 is 0 Å². The molecule has 0 saturated heterocycles. The fourth-order valence-corrected chi connectivity index (χ4v) is 0.177. The van der Waals surface area contributed by atoms with Gasteiger partial charge in [-0.25, -0.2) is 0 Å². The molecule has 0 bridgehead atoms. The average Bonchev–Trinajstić information content (AvgIpc) is 1.75. The van der Waals surface area contributed by atoms with Crippen molar-refractivity contribution in [3.63, 3.8) is 0 Å². The predicted molar refractivity (Wildman–Crippen MR) is 35.1 cm³/mol. The summed E-state index contributed by atoms with van der Waals surface area (Å²) < 4.78 is 0. The van der Waals surface area contributed by atoms with Gasteiger partial charge in [0.15, 0.2) is 0 Å². The third kappa shape index (κ3) is 29.0. The van der Waals surface area contributed by atoms with Crippen molar-refractivity contribution in [2.45, 2.75) is 34.1 Å². The van der Waals surface area contributed by atoms with Gasteiger partial charge in [-0.2, -0.15) is 0 Å². The van der Waals surface area contributed by atoms with Crippen molar-refractivity contribution in [1.82, 2.24) is 0 Å². The summed E-state index contributed by atoms with van der Waals surface area (Å²) in [5.74, 6) is 5.63. The van der Waals surface area contributed by atoms with Gasteiger partial charge < -0.3 is 0 Å². The Labute approximate surface area is 46.9 Å². The van der Waals surface area contributed by atoms with E-state index in [1.165, 1.54) is 0 Å². The molecule has 0 aliphatic carbocycles. The lowest BCUT2D eigenvalue weighted by molar-refractivity contribution is 1.28. The molecule has 0 aromatic heterocycles. The molecule has 0 spiro atoms.